The fourth-order valence-electron chi connectivity index (χ4n) is 3.62. The lowest BCUT2D eigenvalue weighted by Gasteiger charge is -2.30. The number of hydrogen-bond donors (Lipinski definition) is 2. The molecule has 2 aromatic heterocycles. The van der Waals surface area contributed by atoms with E-state index in [2.05, 4.69) is 20.2 Å². The number of nitrogens with zero attached hydrogens (tertiary/aromatic N) is 3. The van der Waals surface area contributed by atoms with Gasteiger partial charge >= 0.3 is 0 Å². The second-order valence-corrected chi connectivity index (χ2v) is 11.4. The van der Waals surface area contributed by atoms with E-state index in [4.69, 9.17) is 0 Å². The molecular formula is C21H23N5O4S3. The first kappa shape index (κ1) is 23.5. The summed E-state index contributed by atoms with van der Waals surface area (Å²) in [6.07, 6.45) is 1.50. The van der Waals surface area contributed by atoms with Gasteiger partial charge in [-0.2, -0.15) is 0 Å². The second kappa shape index (κ2) is 9.67. The Balaban J connectivity index is 1.33. The van der Waals surface area contributed by atoms with Crippen LogP contribution in [0.3, 0.4) is 0 Å². The number of aryl methyl sites for hydroxylation is 2. The SMILES string of the molecule is Cc1nc(C)c(C(=O)N2CCC(c3nc(C(=O)NNS(=O)(=O)c4ccccc4)cs3)CC2)s1. The van der Waals surface area contributed by atoms with Crippen molar-refractivity contribution >= 4 is 44.5 Å². The molecule has 1 aliphatic heterocycles. The lowest BCUT2D eigenvalue weighted by atomic mass is 9.97. The van der Waals surface area contributed by atoms with Crippen molar-refractivity contribution in [2.24, 2.45) is 0 Å². The molecule has 3 aromatic rings. The molecule has 2 N–H and O–H groups in total. The minimum absolute atomic E-state index is 0.0152. The zero-order chi connectivity index (χ0) is 23.6. The molecule has 4 rings (SSSR count). The number of piperidine rings is 1. The van der Waals surface area contributed by atoms with Gasteiger partial charge in [-0.25, -0.2) is 18.4 Å². The Bertz CT molecular complexity index is 1260. The summed E-state index contributed by atoms with van der Waals surface area (Å²) in [4.78, 5) is 38.6. The molecule has 2 amide bonds. The molecule has 0 spiro atoms. The maximum atomic E-state index is 12.8. The van der Waals surface area contributed by atoms with Crippen LogP contribution in [-0.4, -0.2) is 48.2 Å². The largest absolute Gasteiger partial charge is 0.338 e. The Kier molecular flexibility index (Phi) is 6.88. The molecule has 0 radical (unpaired) electrons. The molecule has 174 valence electrons. The van der Waals surface area contributed by atoms with E-state index >= 15 is 0 Å². The van der Waals surface area contributed by atoms with Gasteiger partial charge in [-0.15, -0.1) is 27.5 Å². The summed E-state index contributed by atoms with van der Waals surface area (Å²) in [6, 6.07) is 7.77. The maximum Gasteiger partial charge on any atom is 0.285 e. The van der Waals surface area contributed by atoms with E-state index in [1.165, 1.54) is 34.8 Å². The quantitative estimate of drug-likeness (QED) is 0.497. The summed E-state index contributed by atoms with van der Waals surface area (Å²) >= 11 is 2.78. The van der Waals surface area contributed by atoms with Crippen LogP contribution in [-0.2, 0) is 10.0 Å². The van der Waals surface area contributed by atoms with E-state index in [0.29, 0.717) is 18.0 Å². The highest BCUT2D eigenvalue weighted by atomic mass is 32.2. The van der Waals surface area contributed by atoms with Crippen molar-refractivity contribution in [3.8, 4) is 0 Å². The highest BCUT2D eigenvalue weighted by molar-refractivity contribution is 7.89. The molecule has 1 aliphatic rings. The minimum atomic E-state index is -3.86. The summed E-state index contributed by atoms with van der Waals surface area (Å²) in [5.41, 5.74) is 3.13. The zero-order valence-corrected chi connectivity index (χ0v) is 20.5. The van der Waals surface area contributed by atoms with Crippen molar-refractivity contribution in [1.82, 2.24) is 25.1 Å². The number of thiazole rings is 2. The van der Waals surface area contributed by atoms with Gasteiger partial charge in [0.1, 0.15) is 10.6 Å². The summed E-state index contributed by atoms with van der Waals surface area (Å²) in [5.74, 6) is -0.465. The number of likely N-dealkylation sites (tertiary alicyclic amines) is 1. The Morgan fingerprint density at radius 2 is 1.79 bits per heavy atom. The number of aromatic nitrogens is 2. The monoisotopic (exact) mass is 505 g/mol. The third-order valence-corrected chi connectivity index (χ3v) is 8.67. The third-order valence-electron chi connectivity index (χ3n) is 5.34. The fourth-order valence-corrected chi connectivity index (χ4v) is 6.34. The molecule has 0 saturated carbocycles. The zero-order valence-electron chi connectivity index (χ0n) is 18.1. The molecule has 0 aliphatic carbocycles. The molecule has 1 aromatic carbocycles. The molecule has 33 heavy (non-hydrogen) atoms. The lowest BCUT2D eigenvalue weighted by Crippen LogP contribution is -2.41. The van der Waals surface area contributed by atoms with Crippen molar-refractivity contribution < 1.29 is 18.0 Å². The van der Waals surface area contributed by atoms with Gasteiger partial charge in [0.2, 0.25) is 0 Å². The highest BCUT2D eigenvalue weighted by Crippen LogP contribution is 2.31. The molecule has 9 nitrogen and oxygen atoms in total. The number of hydrogen-bond acceptors (Lipinski definition) is 8. The number of nitrogens with one attached hydrogen (secondary N) is 2. The average molecular weight is 506 g/mol. The molecule has 0 unspecified atom stereocenters. The molecule has 3 heterocycles. The Labute approximate surface area is 199 Å². The van der Waals surface area contributed by atoms with Crippen LogP contribution in [0.15, 0.2) is 40.6 Å². The van der Waals surface area contributed by atoms with E-state index in [1.54, 1.807) is 23.6 Å². The van der Waals surface area contributed by atoms with E-state index in [0.717, 1.165) is 28.6 Å². The normalized spacial score (nSPS) is 14.9. The summed E-state index contributed by atoms with van der Waals surface area (Å²) in [5, 5.41) is 3.30. The van der Waals surface area contributed by atoms with Crippen LogP contribution in [0.2, 0.25) is 0 Å². The van der Waals surface area contributed by atoms with Gasteiger partial charge in [0, 0.05) is 24.4 Å². The number of carbonyl (C=O) groups is 2. The second-order valence-electron chi connectivity index (χ2n) is 7.66. The van der Waals surface area contributed by atoms with Crippen LogP contribution in [0.25, 0.3) is 0 Å². The van der Waals surface area contributed by atoms with Gasteiger partial charge in [-0.05, 0) is 38.8 Å². The molecule has 12 heteroatoms. The molecule has 1 fully saturated rings. The molecule has 0 atom stereocenters. The van der Waals surface area contributed by atoms with Crippen LogP contribution < -0.4 is 10.3 Å². The van der Waals surface area contributed by atoms with Gasteiger partial charge in [0.15, 0.2) is 0 Å². The average Bonchev–Trinajstić information content (AvgIpc) is 3.44. The smallest absolute Gasteiger partial charge is 0.285 e. The van der Waals surface area contributed by atoms with Gasteiger partial charge in [-0.3, -0.25) is 15.0 Å². The standard InChI is InChI=1S/C21H23N5O4S3/c1-13-18(32-14(2)22-13)21(28)26-10-8-15(9-11-26)20-23-17(12-31-20)19(27)24-25-33(29,30)16-6-4-3-5-7-16/h3-7,12,15,25H,8-11H2,1-2H3,(H,24,27). The van der Waals surface area contributed by atoms with Gasteiger partial charge in [0.25, 0.3) is 21.8 Å². The van der Waals surface area contributed by atoms with E-state index in [-0.39, 0.29) is 22.4 Å². The predicted molar refractivity (Wildman–Crippen MR) is 126 cm³/mol. The van der Waals surface area contributed by atoms with Crippen LogP contribution in [0.5, 0.6) is 0 Å². The van der Waals surface area contributed by atoms with Gasteiger partial charge < -0.3 is 4.90 Å². The Morgan fingerprint density at radius 1 is 1.09 bits per heavy atom. The summed E-state index contributed by atoms with van der Waals surface area (Å²) in [6.45, 7) is 4.96. The van der Waals surface area contributed by atoms with Crippen LogP contribution in [0, 0.1) is 13.8 Å². The Hall–Kier alpha value is -2.67. The topological polar surface area (TPSA) is 121 Å². The van der Waals surface area contributed by atoms with Crippen LogP contribution in [0.4, 0.5) is 0 Å². The maximum absolute atomic E-state index is 12.8. The minimum Gasteiger partial charge on any atom is -0.338 e. The number of sulfonamides is 1. The van der Waals surface area contributed by atoms with Crippen LogP contribution >= 0.6 is 22.7 Å². The highest BCUT2D eigenvalue weighted by Gasteiger charge is 2.28. The Morgan fingerprint density at radius 3 is 2.42 bits per heavy atom. The number of hydrazine groups is 1. The van der Waals surface area contributed by atoms with Crippen molar-refractivity contribution in [1.29, 1.82) is 0 Å². The lowest BCUT2D eigenvalue weighted by molar-refractivity contribution is 0.0717. The number of amides is 2. The molecule has 0 bridgehead atoms. The first-order valence-corrected chi connectivity index (χ1v) is 13.5. The van der Waals surface area contributed by atoms with Crippen molar-refractivity contribution in [2.75, 3.05) is 13.1 Å². The molecule has 1 saturated heterocycles. The number of rotatable bonds is 6. The van der Waals surface area contributed by atoms with Crippen molar-refractivity contribution in [3.63, 3.8) is 0 Å². The van der Waals surface area contributed by atoms with Crippen molar-refractivity contribution in [2.45, 2.75) is 37.5 Å². The fraction of sp³-hybridized carbons (Fsp3) is 0.333. The third kappa shape index (κ3) is 5.29. The van der Waals surface area contributed by atoms with Crippen LogP contribution in [0.1, 0.15) is 54.6 Å². The van der Waals surface area contributed by atoms with Crippen molar-refractivity contribution in [3.05, 3.63) is 62.0 Å². The molecular weight excluding hydrogens is 482 g/mol. The van der Waals surface area contributed by atoms with E-state index in [9.17, 15) is 18.0 Å². The van der Waals surface area contributed by atoms with E-state index < -0.39 is 15.9 Å². The summed E-state index contributed by atoms with van der Waals surface area (Å²) in [7, 11) is -3.86. The predicted octanol–water partition coefficient (Wildman–Crippen LogP) is 2.86. The number of carbonyl (C=O) groups excluding carboxylic acids is 2. The van der Waals surface area contributed by atoms with E-state index in [1.807, 2.05) is 18.7 Å². The summed E-state index contributed by atoms with van der Waals surface area (Å²) < 4.78 is 24.5. The first-order valence-electron chi connectivity index (χ1n) is 10.3. The first-order chi connectivity index (χ1) is 15.7. The number of benzene rings is 1. The van der Waals surface area contributed by atoms with Gasteiger partial charge in [0.05, 0.1) is 20.6 Å². The van der Waals surface area contributed by atoms with Gasteiger partial charge in [-0.1, -0.05) is 18.2 Å².